The van der Waals surface area contributed by atoms with Crippen molar-refractivity contribution in [2.75, 3.05) is 0 Å². The maximum Gasteiger partial charge on any atom is 0.0834 e. The van der Waals surface area contributed by atoms with Crippen molar-refractivity contribution in [3.05, 3.63) is 39.3 Å². The molecule has 0 aliphatic rings. The Balaban J connectivity index is 2.23. The van der Waals surface area contributed by atoms with Crippen LogP contribution in [-0.4, -0.2) is 9.78 Å². The number of hydrazine groups is 1. The molecular weight excluding hydrogens is 268 g/mol. The predicted molar refractivity (Wildman–Crippen MR) is 75.6 cm³/mol. The SMILES string of the molecule is CCCn1ncc(Cl)c1C(Cc1ccsc1)NN. The maximum absolute atomic E-state index is 6.22. The van der Waals surface area contributed by atoms with Crippen molar-refractivity contribution in [3.63, 3.8) is 0 Å². The Bertz CT molecular complexity index is 480. The number of rotatable bonds is 6. The third-order valence-corrected chi connectivity index (χ3v) is 3.84. The highest BCUT2D eigenvalue weighted by Crippen LogP contribution is 2.26. The lowest BCUT2D eigenvalue weighted by atomic mass is 10.1. The van der Waals surface area contributed by atoms with Crippen LogP contribution in [0.25, 0.3) is 0 Å². The average Bonchev–Trinajstić information content (AvgIpc) is 2.98. The molecule has 0 aromatic carbocycles. The molecule has 6 heteroatoms. The second kappa shape index (κ2) is 6.33. The summed E-state index contributed by atoms with van der Waals surface area (Å²) < 4.78 is 1.93. The van der Waals surface area contributed by atoms with E-state index in [1.54, 1.807) is 17.5 Å². The molecule has 0 spiro atoms. The molecule has 3 N–H and O–H groups in total. The number of nitrogens with two attached hydrogens (primary N) is 1. The van der Waals surface area contributed by atoms with E-state index >= 15 is 0 Å². The summed E-state index contributed by atoms with van der Waals surface area (Å²) in [5, 5.41) is 9.15. The third-order valence-electron chi connectivity index (χ3n) is 2.82. The van der Waals surface area contributed by atoms with E-state index in [1.807, 2.05) is 4.68 Å². The normalized spacial score (nSPS) is 12.8. The Labute approximate surface area is 116 Å². The summed E-state index contributed by atoms with van der Waals surface area (Å²) in [4.78, 5) is 0. The van der Waals surface area contributed by atoms with Gasteiger partial charge in [0, 0.05) is 6.54 Å². The molecule has 0 radical (unpaired) electrons. The first-order chi connectivity index (χ1) is 8.76. The highest BCUT2D eigenvalue weighted by atomic mass is 35.5. The molecule has 0 saturated heterocycles. The summed E-state index contributed by atoms with van der Waals surface area (Å²) in [7, 11) is 0. The van der Waals surface area contributed by atoms with E-state index in [0.717, 1.165) is 25.1 Å². The van der Waals surface area contributed by atoms with Crippen LogP contribution in [0.5, 0.6) is 0 Å². The first kappa shape index (κ1) is 13.5. The standard InChI is InChI=1S/C12H17ClN4S/c1-2-4-17-12(10(13)7-15-17)11(16-14)6-9-3-5-18-8-9/h3,5,7-8,11,16H,2,4,6,14H2,1H3. The maximum atomic E-state index is 6.22. The van der Waals surface area contributed by atoms with Crippen molar-refractivity contribution >= 4 is 22.9 Å². The van der Waals surface area contributed by atoms with Gasteiger partial charge in [-0.25, -0.2) is 0 Å². The minimum absolute atomic E-state index is 0.0128. The summed E-state index contributed by atoms with van der Waals surface area (Å²) in [5.41, 5.74) is 5.06. The van der Waals surface area contributed by atoms with Gasteiger partial charge in [0.15, 0.2) is 0 Å². The lowest BCUT2D eigenvalue weighted by Crippen LogP contribution is -2.31. The molecule has 1 unspecified atom stereocenters. The predicted octanol–water partition coefficient (Wildman–Crippen LogP) is 2.76. The Hall–Kier alpha value is -0.880. The van der Waals surface area contributed by atoms with Crippen LogP contribution in [0.15, 0.2) is 23.0 Å². The molecule has 0 aliphatic carbocycles. The molecule has 18 heavy (non-hydrogen) atoms. The quantitative estimate of drug-likeness (QED) is 0.633. The molecule has 0 aliphatic heterocycles. The molecule has 1 atom stereocenters. The number of hydrogen-bond donors (Lipinski definition) is 2. The van der Waals surface area contributed by atoms with Crippen molar-refractivity contribution in [1.29, 1.82) is 0 Å². The van der Waals surface area contributed by atoms with Gasteiger partial charge < -0.3 is 0 Å². The lowest BCUT2D eigenvalue weighted by molar-refractivity contribution is 0.478. The summed E-state index contributed by atoms with van der Waals surface area (Å²) in [6.07, 6.45) is 3.51. The van der Waals surface area contributed by atoms with Crippen molar-refractivity contribution < 1.29 is 0 Å². The van der Waals surface area contributed by atoms with Gasteiger partial charge in [-0.05, 0) is 35.2 Å². The second-order valence-electron chi connectivity index (χ2n) is 4.16. The van der Waals surface area contributed by atoms with E-state index in [0.29, 0.717) is 5.02 Å². The first-order valence-corrected chi connectivity index (χ1v) is 7.26. The van der Waals surface area contributed by atoms with Crippen LogP contribution in [0.2, 0.25) is 5.02 Å². The molecular formula is C12H17ClN4S. The smallest absolute Gasteiger partial charge is 0.0834 e. The zero-order valence-corrected chi connectivity index (χ0v) is 11.8. The van der Waals surface area contributed by atoms with Crippen molar-refractivity contribution in [1.82, 2.24) is 15.2 Å². The molecule has 2 aromatic heterocycles. The topological polar surface area (TPSA) is 55.9 Å². The van der Waals surface area contributed by atoms with E-state index in [-0.39, 0.29) is 6.04 Å². The molecule has 0 saturated carbocycles. The second-order valence-corrected chi connectivity index (χ2v) is 5.34. The van der Waals surface area contributed by atoms with Crippen LogP contribution in [0.1, 0.15) is 30.6 Å². The number of nitrogens with one attached hydrogen (secondary N) is 1. The fourth-order valence-corrected chi connectivity index (χ4v) is 2.94. The Kier molecular flexibility index (Phi) is 4.77. The van der Waals surface area contributed by atoms with Gasteiger partial charge in [-0.1, -0.05) is 18.5 Å². The van der Waals surface area contributed by atoms with E-state index < -0.39 is 0 Å². The number of halogens is 1. The molecule has 0 bridgehead atoms. The highest BCUT2D eigenvalue weighted by Gasteiger charge is 2.19. The van der Waals surface area contributed by atoms with Gasteiger partial charge in [-0.2, -0.15) is 16.4 Å². The average molecular weight is 285 g/mol. The largest absolute Gasteiger partial charge is 0.271 e. The Morgan fingerprint density at radius 1 is 1.61 bits per heavy atom. The van der Waals surface area contributed by atoms with Crippen LogP contribution in [-0.2, 0) is 13.0 Å². The summed E-state index contributed by atoms with van der Waals surface area (Å²) in [6, 6.07) is 2.09. The molecule has 0 fully saturated rings. The van der Waals surface area contributed by atoms with Gasteiger partial charge in [-0.15, -0.1) is 0 Å². The minimum atomic E-state index is -0.0128. The third kappa shape index (κ3) is 2.92. The van der Waals surface area contributed by atoms with Gasteiger partial charge in [0.25, 0.3) is 0 Å². The Morgan fingerprint density at radius 3 is 3.06 bits per heavy atom. The highest BCUT2D eigenvalue weighted by molar-refractivity contribution is 7.07. The molecule has 0 amide bonds. The van der Waals surface area contributed by atoms with Crippen LogP contribution >= 0.6 is 22.9 Å². The fourth-order valence-electron chi connectivity index (χ4n) is 1.99. The number of thiophene rings is 1. The van der Waals surface area contributed by atoms with E-state index in [4.69, 9.17) is 17.4 Å². The monoisotopic (exact) mass is 284 g/mol. The number of nitrogens with zero attached hydrogens (tertiary/aromatic N) is 2. The van der Waals surface area contributed by atoms with Crippen LogP contribution in [0.3, 0.4) is 0 Å². The van der Waals surface area contributed by atoms with Gasteiger partial charge in [-0.3, -0.25) is 16.0 Å². The fraction of sp³-hybridized carbons (Fsp3) is 0.417. The van der Waals surface area contributed by atoms with Crippen LogP contribution in [0.4, 0.5) is 0 Å². The summed E-state index contributed by atoms with van der Waals surface area (Å²) in [5.74, 6) is 5.67. The molecule has 98 valence electrons. The van der Waals surface area contributed by atoms with Crippen molar-refractivity contribution in [3.8, 4) is 0 Å². The van der Waals surface area contributed by atoms with Gasteiger partial charge in [0.05, 0.1) is 23.0 Å². The van der Waals surface area contributed by atoms with E-state index in [1.165, 1.54) is 5.56 Å². The van der Waals surface area contributed by atoms with Gasteiger partial charge in [0.2, 0.25) is 0 Å². The van der Waals surface area contributed by atoms with E-state index in [9.17, 15) is 0 Å². The molecule has 2 aromatic rings. The first-order valence-electron chi connectivity index (χ1n) is 5.94. The molecule has 2 heterocycles. The molecule has 4 nitrogen and oxygen atoms in total. The number of hydrogen-bond acceptors (Lipinski definition) is 4. The zero-order chi connectivity index (χ0) is 13.0. The van der Waals surface area contributed by atoms with Crippen LogP contribution < -0.4 is 11.3 Å². The molecule has 2 rings (SSSR count). The summed E-state index contributed by atoms with van der Waals surface area (Å²) >= 11 is 7.90. The van der Waals surface area contributed by atoms with Gasteiger partial charge in [0.1, 0.15) is 0 Å². The minimum Gasteiger partial charge on any atom is -0.271 e. The zero-order valence-electron chi connectivity index (χ0n) is 10.3. The Morgan fingerprint density at radius 2 is 2.44 bits per heavy atom. The summed E-state index contributed by atoms with van der Waals surface area (Å²) in [6.45, 7) is 2.97. The lowest BCUT2D eigenvalue weighted by Gasteiger charge is -2.17. The van der Waals surface area contributed by atoms with Crippen molar-refractivity contribution in [2.24, 2.45) is 5.84 Å². The number of aryl methyl sites for hydroxylation is 1. The van der Waals surface area contributed by atoms with Crippen LogP contribution in [0, 0.1) is 0 Å². The van der Waals surface area contributed by atoms with Crippen molar-refractivity contribution in [2.45, 2.75) is 32.4 Å². The number of aromatic nitrogens is 2. The van der Waals surface area contributed by atoms with Gasteiger partial charge >= 0.3 is 0 Å². The van der Waals surface area contributed by atoms with E-state index in [2.05, 4.69) is 34.3 Å².